The second-order valence-corrected chi connectivity index (χ2v) is 7.26. The second-order valence-electron chi connectivity index (χ2n) is 7.26. The first-order valence-corrected chi connectivity index (χ1v) is 9.25. The number of nitrogens with one attached hydrogen (secondary N) is 1. The standard InChI is InChI=1S/C22H23NO2/c1-14(15-8-3-2-4-9-15)23-19-13-7-12-18-20(19)22(25)17-11-6-5-10-16(17)21(18)24/h5-7,10-15,23H,2-4,8-9H2,1H3. The highest BCUT2D eigenvalue weighted by Gasteiger charge is 2.32. The Morgan fingerprint density at radius 2 is 1.48 bits per heavy atom. The molecule has 1 N–H and O–H groups in total. The van der Waals surface area contributed by atoms with Gasteiger partial charge in [-0.25, -0.2) is 0 Å². The summed E-state index contributed by atoms with van der Waals surface area (Å²) in [6.07, 6.45) is 6.37. The highest BCUT2D eigenvalue weighted by Crippen LogP contribution is 2.34. The van der Waals surface area contributed by atoms with Crippen molar-refractivity contribution >= 4 is 17.3 Å². The van der Waals surface area contributed by atoms with E-state index < -0.39 is 0 Å². The Morgan fingerprint density at radius 1 is 0.840 bits per heavy atom. The Morgan fingerprint density at radius 3 is 2.20 bits per heavy atom. The second kappa shape index (κ2) is 6.47. The highest BCUT2D eigenvalue weighted by molar-refractivity contribution is 6.30. The van der Waals surface area contributed by atoms with E-state index in [1.54, 1.807) is 18.2 Å². The molecule has 0 heterocycles. The zero-order valence-corrected chi connectivity index (χ0v) is 14.5. The number of anilines is 1. The summed E-state index contributed by atoms with van der Waals surface area (Å²) in [5.41, 5.74) is 2.87. The molecule has 0 saturated heterocycles. The highest BCUT2D eigenvalue weighted by atomic mass is 16.1. The van der Waals surface area contributed by atoms with Crippen molar-refractivity contribution in [3.8, 4) is 0 Å². The number of ketones is 2. The Labute approximate surface area is 148 Å². The molecule has 0 radical (unpaired) electrons. The quantitative estimate of drug-likeness (QED) is 0.746. The summed E-state index contributed by atoms with van der Waals surface area (Å²) in [6, 6.07) is 13.0. The average molecular weight is 333 g/mol. The molecule has 0 bridgehead atoms. The van der Waals surface area contributed by atoms with Crippen LogP contribution in [-0.4, -0.2) is 17.6 Å². The van der Waals surface area contributed by atoms with E-state index in [2.05, 4.69) is 12.2 Å². The summed E-state index contributed by atoms with van der Waals surface area (Å²) in [4.78, 5) is 25.9. The molecular weight excluding hydrogens is 310 g/mol. The third-order valence-electron chi connectivity index (χ3n) is 5.69. The first-order chi connectivity index (χ1) is 12.2. The van der Waals surface area contributed by atoms with Crippen LogP contribution in [0.1, 0.15) is 70.9 Å². The number of hydrogen-bond donors (Lipinski definition) is 1. The van der Waals surface area contributed by atoms with E-state index in [-0.39, 0.29) is 11.6 Å². The van der Waals surface area contributed by atoms with E-state index in [9.17, 15) is 9.59 Å². The van der Waals surface area contributed by atoms with Crippen LogP contribution >= 0.6 is 0 Å². The van der Waals surface area contributed by atoms with Crippen LogP contribution in [0.25, 0.3) is 0 Å². The van der Waals surface area contributed by atoms with Crippen molar-refractivity contribution < 1.29 is 9.59 Å². The fourth-order valence-electron chi connectivity index (χ4n) is 4.26. The minimum atomic E-state index is -0.0563. The minimum Gasteiger partial charge on any atom is -0.382 e. The van der Waals surface area contributed by atoms with Gasteiger partial charge in [-0.3, -0.25) is 9.59 Å². The van der Waals surface area contributed by atoms with E-state index >= 15 is 0 Å². The van der Waals surface area contributed by atoms with Gasteiger partial charge in [0.15, 0.2) is 11.6 Å². The zero-order chi connectivity index (χ0) is 17.4. The maximum absolute atomic E-state index is 13.0. The largest absolute Gasteiger partial charge is 0.382 e. The Kier molecular flexibility index (Phi) is 4.16. The fourth-order valence-corrected chi connectivity index (χ4v) is 4.26. The van der Waals surface area contributed by atoms with E-state index in [0.29, 0.717) is 34.2 Å². The number of hydrogen-bond acceptors (Lipinski definition) is 3. The zero-order valence-electron chi connectivity index (χ0n) is 14.5. The third kappa shape index (κ3) is 2.78. The molecule has 3 nitrogen and oxygen atoms in total. The Hall–Kier alpha value is -2.42. The lowest BCUT2D eigenvalue weighted by atomic mass is 9.82. The van der Waals surface area contributed by atoms with Crippen LogP contribution in [0.5, 0.6) is 0 Å². The molecule has 1 fully saturated rings. The van der Waals surface area contributed by atoms with Gasteiger partial charge in [0.1, 0.15) is 0 Å². The molecule has 2 aliphatic carbocycles. The summed E-state index contributed by atoms with van der Waals surface area (Å²) in [5.74, 6) is 0.523. The molecule has 2 aromatic rings. The van der Waals surface area contributed by atoms with Crippen molar-refractivity contribution in [2.75, 3.05) is 5.32 Å². The van der Waals surface area contributed by atoms with E-state index in [0.717, 1.165) is 5.69 Å². The van der Waals surface area contributed by atoms with Gasteiger partial charge in [-0.15, -0.1) is 0 Å². The van der Waals surface area contributed by atoms with Gasteiger partial charge < -0.3 is 5.32 Å². The smallest absolute Gasteiger partial charge is 0.196 e. The first kappa shape index (κ1) is 16.1. The number of carbonyl (C=O) groups excluding carboxylic acids is 2. The molecule has 1 atom stereocenters. The van der Waals surface area contributed by atoms with Crippen molar-refractivity contribution in [3.63, 3.8) is 0 Å². The summed E-state index contributed by atoms with van der Waals surface area (Å²) in [7, 11) is 0. The molecule has 2 aliphatic rings. The van der Waals surface area contributed by atoms with Crippen molar-refractivity contribution in [1.82, 2.24) is 0 Å². The SMILES string of the molecule is CC(Nc1cccc2c1C(=O)c1ccccc1C2=O)C1CCCCC1. The van der Waals surface area contributed by atoms with Gasteiger partial charge in [-0.05, 0) is 31.7 Å². The summed E-state index contributed by atoms with van der Waals surface area (Å²) < 4.78 is 0. The maximum Gasteiger partial charge on any atom is 0.196 e. The lowest BCUT2D eigenvalue weighted by Crippen LogP contribution is -2.30. The van der Waals surface area contributed by atoms with Crippen LogP contribution < -0.4 is 5.32 Å². The molecule has 0 aliphatic heterocycles. The normalized spacial score (nSPS) is 18.4. The summed E-state index contributed by atoms with van der Waals surface area (Å²) >= 11 is 0. The number of fused-ring (bicyclic) bond motifs is 2. The lowest BCUT2D eigenvalue weighted by Gasteiger charge is -2.30. The fraction of sp³-hybridized carbons (Fsp3) is 0.364. The number of benzene rings is 2. The van der Waals surface area contributed by atoms with Gasteiger partial charge in [0.05, 0.1) is 5.56 Å². The molecule has 3 heteroatoms. The molecule has 2 aromatic carbocycles. The Balaban J connectivity index is 1.70. The molecular formula is C22H23NO2. The van der Waals surface area contributed by atoms with Crippen LogP contribution in [-0.2, 0) is 0 Å². The van der Waals surface area contributed by atoms with Gasteiger partial charge in [0.25, 0.3) is 0 Å². The monoisotopic (exact) mass is 333 g/mol. The molecule has 4 rings (SSSR count). The van der Waals surface area contributed by atoms with Crippen LogP contribution in [0.4, 0.5) is 5.69 Å². The van der Waals surface area contributed by atoms with E-state index in [1.807, 2.05) is 24.3 Å². The maximum atomic E-state index is 13.0. The molecule has 0 amide bonds. The van der Waals surface area contributed by atoms with Crippen LogP contribution in [0.15, 0.2) is 42.5 Å². The van der Waals surface area contributed by atoms with Crippen molar-refractivity contribution in [2.24, 2.45) is 5.92 Å². The van der Waals surface area contributed by atoms with Crippen molar-refractivity contribution in [1.29, 1.82) is 0 Å². The number of carbonyl (C=O) groups is 2. The van der Waals surface area contributed by atoms with Gasteiger partial charge >= 0.3 is 0 Å². The molecule has 25 heavy (non-hydrogen) atoms. The van der Waals surface area contributed by atoms with E-state index in [4.69, 9.17) is 0 Å². The van der Waals surface area contributed by atoms with Gasteiger partial charge in [-0.2, -0.15) is 0 Å². The van der Waals surface area contributed by atoms with Crippen molar-refractivity contribution in [3.05, 3.63) is 64.7 Å². The predicted octanol–water partition coefficient (Wildman–Crippen LogP) is 4.84. The summed E-state index contributed by atoms with van der Waals surface area (Å²) in [5, 5.41) is 3.55. The van der Waals surface area contributed by atoms with Crippen LogP contribution in [0.2, 0.25) is 0 Å². The topological polar surface area (TPSA) is 46.2 Å². The minimum absolute atomic E-state index is 0.0517. The lowest BCUT2D eigenvalue weighted by molar-refractivity contribution is 0.0979. The van der Waals surface area contributed by atoms with E-state index in [1.165, 1.54) is 32.1 Å². The van der Waals surface area contributed by atoms with Gasteiger partial charge in [-0.1, -0.05) is 55.7 Å². The predicted molar refractivity (Wildman–Crippen MR) is 99.4 cm³/mol. The van der Waals surface area contributed by atoms with Gasteiger partial charge in [0.2, 0.25) is 0 Å². The molecule has 1 saturated carbocycles. The van der Waals surface area contributed by atoms with Gasteiger partial charge in [0, 0.05) is 28.4 Å². The van der Waals surface area contributed by atoms with Crippen LogP contribution in [0, 0.1) is 5.92 Å². The average Bonchev–Trinajstić information content (AvgIpc) is 2.66. The summed E-state index contributed by atoms with van der Waals surface area (Å²) in [6.45, 7) is 2.19. The molecule has 128 valence electrons. The number of rotatable bonds is 3. The third-order valence-corrected chi connectivity index (χ3v) is 5.69. The van der Waals surface area contributed by atoms with Crippen LogP contribution in [0.3, 0.4) is 0 Å². The van der Waals surface area contributed by atoms with Crippen molar-refractivity contribution in [2.45, 2.75) is 45.1 Å². The molecule has 1 unspecified atom stereocenters. The Bertz CT molecular complexity index is 834. The molecule has 0 aromatic heterocycles. The first-order valence-electron chi connectivity index (χ1n) is 9.25. The molecule has 0 spiro atoms.